The average molecular weight is 343 g/mol. The van der Waals surface area contributed by atoms with Crippen LogP contribution in [0.4, 0.5) is 13.2 Å². The highest BCUT2D eigenvalue weighted by atomic mass is 19.4. The molecular formula is C17H21F3N2O2. The normalized spacial score (nSPS) is 25.0. The van der Waals surface area contributed by atoms with Gasteiger partial charge in [-0.3, -0.25) is 0 Å². The van der Waals surface area contributed by atoms with Crippen LogP contribution in [-0.4, -0.2) is 38.1 Å². The van der Waals surface area contributed by atoms with Gasteiger partial charge in [-0.15, -0.1) is 0 Å². The first-order valence-corrected chi connectivity index (χ1v) is 7.53. The number of ether oxygens (including phenoxy) is 2. The van der Waals surface area contributed by atoms with Gasteiger partial charge in [0.2, 0.25) is 11.8 Å². The summed E-state index contributed by atoms with van der Waals surface area (Å²) in [5.41, 5.74) is -0.213. The van der Waals surface area contributed by atoms with E-state index in [1.54, 1.807) is 0 Å². The molecular weight excluding hydrogens is 321 g/mol. The topological polar surface area (TPSA) is 43.2 Å². The number of halogens is 3. The predicted molar refractivity (Wildman–Crippen MR) is 86.5 cm³/mol. The number of hydrogen-bond acceptors (Lipinski definition) is 4. The third kappa shape index (κ3) is 4.07. The van der Waals surface area contributed by atoms with Crippen LogP contribution in [0, 0.1) is 5.92 Å². The van der Waals surface area contributed by atoms with Crippen molar-refractivity contribution in [2.24, 2.45) is 15.9 Å². The zero-order chi connectivity index (χ0) is 18.8. The van der Waals surface area contributed by atoms with Crippen molar-refractivity contribution in [3.05, 3.63) is 35.4 Å². The van der Waals surface area contributed by atoms with E-state index in [0.717, 1.165) is 12.1 Å². The molecule has 7 heteroatoms. The summed E-state index contributed by atoms with van der Waals surface area (Å²) in [7, 11) is 2.86. The number of methoxy groups -OCH3 is 2. The van der Waals surface area contributed by atoms with Gasteiger partial charge in [0.05, 0.1) is 21.2 Å². The molecule has 1 aromatic carbocycles. The molecule has 0 unspecified atom stereocenters. The summed E-state index contributed by atoms with van der Waals surface area (Å²) < 4.78 is 57.1. The molecule has 0 saturated heterocycles. The molecule has 4 nitrogen and oxygen atoms in total. The van der Waals surface area contributed by atoms with E-state index < -0.39 is 17.8 Å². The second-order valence-corrected chi connectivity index (χ2v) is 5.80. The van der Waals surface area contributed by atoms with E-state index in [4.69, 9.17) is 10.8 Å². The van der Waals surface area contributed by atoms with Crippen molar-refractivity contribution in [2.45, 2.75) is 38.5 Å². The number of benzene rings is 1. The lowest BCUT2D eigenvalue weighted by atomic mass is 10.00. The molecule has 2 atom stereocenters. The Hall–Kier alpha value is -2.05. The average Bonchev–Trinajstić information content (AvgIpc) is 2.53. The van der Waals surface area contributed by atoms with Gasteiger partial charge in [0, 0.05) is 6.42 Å². The molecule has 2 rings (SSSR count). The molecule has 1 aliphatic rings. The lowest BCUT2D eigenvalue weighted by molar-refractivity contribution is -0.137. The van der Waals surface area contributed by atoms with Gasteiger partial charge in [-0.2, -0.15) is 13.2 Å². The van der Waals surface area contributed by atoms with Crippen LogP contribution >= 0.6 is 0 Å². The summed E-state index contributed by atoms with van der Waals surface area (Å²) in [5, 5.41) is 0. The smallest absolute Gasteiger partial charge is 0.416 e. The molecule has 132 valence electrons. The Morgan fingerprint density at radius 1 is 1.08 bits per heavy atom. The van der Waals surface area contributed by atoms with Gasteiger partial charge in [0.25, 0.3) is 0 Å². The molecule has 1 aliphatic heterocycles. The van der Waals surface area contributed by atoms with Crippen molar-refractivity contribution in [2.75, 3.05) is 14.2 Å². The Bertz CT molecular complexity index is 671. The molecule has 0 bridgehead atoms. The summed E-state index contributed by atoms with van der Waals surface area (Å²) in [5.74, 6) is 0.532. The Morgan fingerprint density at radius 3 is 2.12 bits per heavy atom. The minimum absolute atomic E-state index is 0.0233. The van der Waals surface area contributed by atoms with E-state index >= 15 is 0 Å². The van der Waals surface area contributed by atoms with Gasteiger partial charge in [-0.1, -0.05) is 26.0 Å². The fourth-order valence-electron chi connectivity index (χ4n) is 2.39. The maximum absolute atomic E-state index is 12.7. The van der Waals surface area contributed by atoms with Gasteiger partial charge in [-0.05, 0) is 23.6 Å². The summed E-state index contributed by atoms with van der Waals surface area (Å²) in [6.07, 6.45) is -4.37. The second-order valence-electron chi connectivity index (χ2n) is 5.80. The van der Waals surface area contributed by atoms with E-state index in [2.05, 4.69) is 9.98 Å². The van der Waals surface area contributed by atoms with Gasteiger partial charge in [0.15, 0.2) is 0 Å². The van der Waals surface area contributed by atoms with Crippen LogP contribution in [0.15, 0.2) is 34.3 Å². The fraction of sp³-hybridized carbons (Fsp3) is 0.529. The van der Waals surface area contributed by atoms with E-state index in [1.165, 1.54) is 26.4 Å². The molecule has 1 heterocycles. The number of alkyl halides is 3. The maximum atomic E-state index is 12.7. The summed E-state index contributed by atoms with van der Waals surface area (Å²) in [6.45, 7) is 3.89. The summed E-state index contributed by atoms with van der Waals surface area (Å²) >= 11 is 0. The largest absolute Gasteiger partial charge is 0.483 e. The van der Waals surface area contributed by atoms with Crippen LogP contribution in [0.5, 0.6) is 0 Å². The van der Waals surface area contributed by atoms with Crippen LogP contribution in [-0.2, 0) is 22.1 Å². The predicted octanol–water partition coefficient (Wildman–Crippen LogP) is 3.74. The van der Waals surface area contributed by atoms with E-state index in [0.29, 0.717) is 11.5 Å². The van der Waals surface area contributed by atoms with Gasteiger partial charge >= 0.3 is 6.18 Å². The monoisotopic (exact) mass is 343 g/mol. The van der Waals surface area contributed by atoms with Crippen molar-refractivity contribution in [3.8, 4) is 0 Å². The van der Waals surface area contributed by atoms with Crippen LogP contribution in [0.1, 0.15) is 26.3 Å². The highest BCUT2D eigenvalue weighted by molar-refractivity contribution is 5.94. The molecule has 1 aromatic rings. The molecule has 0 N–H and O–H groups in total. The molecule has 0 spiro atoms. The maximum Gasteiger partial charge on any atom is 0.416 e. The second kappa shape index (κ2) is 7.23. The highest BCUT2D eigenvalue weighted by Gasteiger charge is 2.32. The van der Waals surface area contributed by atoms with Crippen molar-refractivity contribution in [1.82, 2.24) is 0 Å². The van der Waals surface area contributed by atoms with Gasteiger partial charge in [-0.25, -0.2) is 9.98 Å². The van der Waals surface area contributed by atoms with Crippen molar-refractivity contribution < 1.29 is 24.0 Å². The molecule has 0 aromatic heterocycles. The SMILES string of the molecule is [2H][C@]1(Cc2ccc(C(F)(F)F)cc2)N=C(OC)[C@H](C(C)C)N=C1OC. The summed E-state index contributed by atoms with van der Waals surface area (Å²) in [6, 6.07) is 2.72. The van der Waals surface area contributed by atoms with E-state index in [-0.39, 0.29) is 24.3 Å². The first-order valence-electron chi connectivity index (χ1n) is 8.03. The minimum atomic E-state index is -4.40. The first kappa shape index (κ1) is 16.8. The molecule has 0 saturated carbocycles. The van der Waals surface area contributed by atoms with Crippen molar-refractivity contribution in [3.63, 3.8) is 0 Å². The minimum Gasteiger partial charge on any atom is -0.483 e. The molecule has 24 heavy (non-hydrogen) atoms. The molecule has 0 radical (unpaired) electrons. The van der Waals surface area contributed by atoms with Crippen molar-refractivity contribution >= 4 is 11.8 Å². The number of rotatable bonds is 3. The zero-order valence-electron chi connectivity index (χ0n) is 15.0. The molecule has 0 aliphatic carbocycles. The number of hydrogen-bond donors (Lipinski definition) is 0. The van der Waals surface area contributed by atoms with E-state index in [9.17, 15) is 13.2 Å². The highest BCUT2D eigenvalue weighted by Crippen LogP contribution is 2.29. The molecule has 0 amide bonds. The Morgan fingerprint density at radius 2 is 1.67 bits per heavy atom. The molecule has 0 fully saturated rings. The first-order chi connectivity index (χ1) is 11.6. The van der Waals surface area contributed by atoms with Crippen LogP contribution in [0.3, 0.4) is 0 Å². The van der Waals surface area contributed by atoms with Crippen molar-refractivity contribution in [1.29, 1.82) is 0 Å². The van der Waals surface area contributed by atoms with Crippen LogP contribution in [0.2, 0.25) is 0 Å². The van der Waals surface area contributed by atoms with Crippen LogP contribution < -0.4 is 0 Å². The Kier molecular flexibility index (Phi) is 5.06. The number of aliphatic imine (C=N–C) groups is 2. The fourth-order valence-corrected chi connectivity index (χ4v) is 2.39. The third-order valence-electron chi connectivity index (χ3n) is 3.69. The zero-order valence-corrected chi connectivity index (χ0v) is 14.0. The Labute approximate surface area is 140 Å². The third-order valence-corrected chi connectivity index (χ3v) is 3.69. The van der Waals surface area contributed by atoms with Crippen LogP contribution in [0.25, 0.3) is 0 Å². The van der Waals surface area contributed by atoms with E-state index in [1.807, 2.05) is 13.8 Å². The summed E-state index contributed by atoms with van der Waals surface area (Å²) in [4.78, 5) is 8.77. The lowest BCUT2D eigenvalue weighted by Gasteiger charge is -2.27. The quantitative estimate of drug-likeness (QED) is 0.839. The standard InChI is InChI=1S/C17H21F3N2O2/c1-10(2)14-16(24-4)21-13(15(22-14)23-3)9-11-5-7-12(8-6-11)17(18,19)20/h5-8,10,13-14H,9H2,1-4H3/t13-,14+/m1/s1/i13D. The number of nitrogens with zero attached hydrogens (tertiary/aromatic N) is 2. The lowest BCUT2D eigenvalue weighted by Crippen LogP contribution is -2.38. The van der Waals surface area contributed by atoms with Gasteiger partial charge in [0.1, 0.15) is 12.1 Å². The van der Waals surface area contributed by atoms with Gasteiger partial charge < -0.3 is 9.47 Å². The Balaban J connectivity index is 2.32.